The molecular formula is C18H31ClN2O4. The van der Waals surface area contributed by atoms with Crippen LogP contribution in [0.15, 0.2) is 0 Å². The standard InChI is InChI=1S/C18H31ClN2O4/c19-14-7-13(15(23)8-12(14)10-1-2-10)17(20)11-3-5-21(6-4-11)18(25)16(24)9-22/h10-17,22-24H,1-9,20H2/t12?,13?,14?,15?,16-,17-/m1/s1. The highest BCUT2D eigenvalue weighted by molar-refractivity contribution is 6.20. The zero-order valence-corrected chi connectivity index (χ0v) is 15.4. The van der Waals surface area contributed by atoms with Crippen LogP contribution in [0.1, 0.15) is 38.5 Å². The number of hydrogen-bond acceptors (Lipinski definition) is 5. The van der Waals surface area contributed by atoms with Crippen molar-refractivity contribution in [2.45, 2.75) is 62.2 Å². The molecule has 6 nitrogen and oxygen atoms in total. The predicted octanol–water partition coefficient (Wildman–Crippen LogP) is 0.310. The Hall–Kier alpha value is -0.400. The maximum atomic E-state index is 11.9. The Balaban J connectivity index is 1.52. The summed E-state index contributed by atoms with van der Waals surface area (Å²) in [6.45, 7) is 0.518. The molecule has 144 valence electrons. The molecule has 1 heterocycles. The molecule has 0 radical (unpaired) electrons. The van der Waals surface area contributed by atoms with E-state index in [1.165, 1.54) is 12.8 Å². The minimum Gasteiger partial charge on any atom is -0.393 e. The Kier molecular flexibility index (Phi) is 6.27. The van der Waals surface area contributed by atoms with E-state index < -0.39 is 18.6 Å². The van der Waals surface area contributed by atoms with E-state index in [2.05, 4.69) is 0 Å². The number of carbonyl (C=O) groups is 1. The van der Waals surface area contributed by atoms with Crippen LogP contribution in [0.3, 0.4) is 0 Å². The van der Waals surface area contributed by atoms with Crippen LogP contribution in [-0.4, -0.2) is 69.4 Å². The summed E-state index contributed by atoms with van der Waals surface area (Å²) in [6, 6.07) is -0.114. The molecule has 2 saturated carbocycles. The van der Waals surface area contributed by atoms with E-state index in [1.807, 2.05) is 0 Å². The maximum Gasteiger partial charge on any atom is 0.253 e. The summed E-state index contributed by atoms with van der Waals surface area (Å²) in [5.41, 5.74) is 6.51. The largest absolute Gasteiger partial charge is 0.393 e. The molecule has 5 N–H and O–H groups in total. The minimum atomic E-state index is -1.33. The van der Waals surface area contributed by atoms with Crippen LogP contribution in [0.4, 0.5) is 0 Å². The van der Waals surface area contributed by atoms with Crippen molar-refractivity contribution < 1.29 is 20.1 Å². The summed E-state index contributed by atoms with van der Waals surface area (Å²) in [7, 11) is 0. The van der Waals surface area contributed by atoms with Crippen molar-refractivity contribution >= 4 is 17.5 Å². The van der Waals surface area contributed by atoms with Crippen molar-refractivity contribution in [3.63, 3.8) is 0 Å². The molecule has 3 rings (SSSR count). The Bertz CT molecular complexity index is 468. The quantitative estimate of drug-likeness (QED) is 0.518. The second kappa shape index (κ2) is 8.09. The van der Waals surface area contributed by atoms with Gasteiger partial charge in [-0.2, -0.15) is 0 Å². The lowest BCUT2D eigenvalue weighted by Crippen LogP contribution is -2.52. The number of rotatable bonds is 5. The molecule has 3 aliphatic rings. The second-order valence-electron chi connectivity index (χ2n) is 8.16. The fourth-order valence-electron chi connectivity index (χ4n) is 4.76. The Labute approximate surface area is 154 Å². The van der Waals surface area contributed by atoms with Crippen molar-refractivity contribution in [3.05, 3.63) is 0 Å². The van der Waals surface area contributed by atoms with E-state index in [1.54, 1.807) is 4.90 Å². The highest BCUT2D eigenvalue weighted by atomic mass is 35.5. The van der Waals surface area contributed by atoms with Crippen LogP contribution in [0.5, 0.6) is 0 Å². The van der Waals surface area contributed by atoms with Gasteiger partial charge in [-0.1, -0.05) is 0 Å². The molecule has 1 aliphatic heterocycles. The van der Waals surface area contributed by atoms with Crippen molar-refractivity contribution in [2.24, 2.45) is 29.4 Å². The van der Waals surface area contributed by atoms with E-state index in [0.29, 0.717) is 24.9 Å². The normalized spacial score (nSPS) is 36.9. The van der Waals surface area contributed by atoms with Crippen molar-refractivity contribution in [1.29, 1.82) is 0 Å². The first-order chi connectivity index (χ1) is 11.9. The number of alkyl halides is 1. The molecule has 1 amide bonds. The van der Waals surface area contributed by atoms with Gasteiger partial charge < -0.3 is 26.0 Å². The zero-order valence-electron chi connectivity index (χ0n) is 14.6. The number of aliphatic hydroxyl groups excluding tert-OH is 3. The number of nitrogens with zero attached hydrogens (tertiary/aromatic N) is 1. The first kappa shape index (κ1) is 19.4. The summed E-state index contributed by atoms with van der Waals surface area (Å²) < 4.78 is 0. The van der Waals surface area contributed by atoms with Gasteiger partial charge in [0.2, 0.25) is 0 Å². The number of aliphatic hydroxyl groups is 3. The van der Waals surface area contributed by atoms with Gasteiger partial charge in [0.25, 0.3) is 5.91 Å². The number of carbonyl (C=O) groups excluding carboxylic acids is 1. The predicted molar refractivity (Wildman–Crippen MR) is 95.0 cm³/mol. The first-order valence-corrected chi connectivity index (χ1v) is 10.0. The number of halogens is 1. The average Bonchev–Trinajstić information content (AvgIpc) is 3.46. The third-order valence-electron chi connectivity index (χ3n) is 6.55. The van der Waals surface area contributed by atoms with E-state index >= 15 is 0 Å². The third kappa shape index (κ3) is 4.30. The molecule has 0 bridgehead atoms. The molecule has 0 aromatic heterocycles. The highest BCUT2D eigenvalue weighted by Gasteiger charge is 2.45. The molecular weight excluding hydrogens is 344 g/mol. The first-order valence-electron chi connectivity index (χ1n) is 9.57. The molecule has 1 saturated heterocycles. The summed E-state index contributed by atoms with van der Waals surface area (Å²) in [5.74, 6) is 0.977. The highest BCUT2D eigenvalue weighted by Crippen LogP contribution is 2.48. The number of nitrogens with two attached hydrogens (primary N) is 1. The van der Waals surface area contributed by atoms with Gasteiger partial charge in [0.1, 0.15) is 0 Å². The van der Waals surface area contributed by atoms with Crippen LogP contribution in [0.25, 0.3) is 0 Å². The molecule has 2 aliphatic carbocycles. The van der Waals surface area contributed by atoms with Gasteiger partial charge in [-0.3, -0.25) is 4.79 Å². The summed E-state index contributed by atoms with van der Waals surface area (Å²) in [4.78, 5) is 13.5. The lowest BCUT2D eigenvalue weighted by atomic mass is 9.70. The van der Waals surface area contributed by atoms with Gasteiger partial charge in [-0.25, -0.2) is 0 Å². The Morgan fingerprint density at radius 3 is 2.40 bits per heavy atom. The molecule has 0 aromatic carbocycles. The molecule has 0 aromatic rings. The van der Waals surface area contributed by atoms with E-state index in [-0.39, 0.29) is 29.4 Å². The van der Waals surface area contributed by atoms with Gasteiger partial charge in [0, 0.05) is 30.4 Å². The van der Waals surface area contributed by atoms with Crippen LogP contribution < -0.4 is 5.73 Å². The second-order valence-corrected chi connectivity index (χ2v) is 8.72. The third-order valence-corrected chi connectivity index (χ3v) is 7.05. The van der Waals surface area contributed by atoms with Gasteiger partial charge >= 0.3 is 0 Å². The van der Waals surface area contributed by atoms with Gasteiger partial charge in [0.15, 0.2) is 6.10 Å². The van der Waals surface area contributed by atoms with Gasteiger partial charge in [0.05, 0.1) is 12.7 Å². The lowest BCUT2D eigenvalue weighted by molar-refractivity contribution is -0.143. The van der Waals surface area contributed by atoms with Crippen LogP contribution in [-0.2, 0) is 4.79 Å². The fraction of sp³-hybridized carbons (Fsp3) is 0.944. The smallest absolute Gasteiger partial charge is 0.253 e. The summed E-state index contributed by atoms with van der Waals surface area (Å²) >= 11 is 6.61. The van der Waals surface area contributed by atoms with Crippen molar-refractivity contribution in [3.8, 4) is 0 Å². The maximum absolute atomic E-state index is 11.9. The molecule has 7 heteroatoms. The lowest BCUT2D eigenvalue weighted by Gasteiger charge is -2.44. The van der Waals surface area contributed by atoms with Crippen LogP contribution >= 0.6 is 11.6 Å². The topological polar surface area (TPSA) is 107 Å². The Morgan fingerprint density at radius 2 is 1.84 bits per heavy atom. The molecule has 25 heavy (non-hydrogen) atoms. The zero-order chi connectivity index (χ0) is 18.1. The van der Waals surface area contributed by atoms with Crippen molar-refractivity contribution in [2.75, 3.05) is 19.7 Å². The number of piperidine rings is 1. The monoisotopic (exact) mass is 374 g/mol. The molecule has 4 unspecified atom stereocenters. The van der Waals surface area contributed by atoms with Gasteiger partial charge in [-0.05, 0) is 56.3 Å². The van der Waals surface area contributed by atoms with E-state index in [0.717, 1.165) is 25.7 Å². The fourth-order valence-corrected chi connectivity index (χ4v) is 5.28. The molecule has 3 fully saturated rings. The molecule has 6 atom stereocenters. The number of hydrogen-bond donors (Lipinski definition) is 4. The Morgan fingerprint density at radius 1 is 1.20 bits per heavy atom. The average molecular weight is 375 g/mol. The summed E-state index contributed by atoms with van der Waals surface area (Å²) in [5, 5.41) is 29.1. The SMILES string of the molecule is N[C@H](C1CCN(C(=O)[C@H](O)CO)CC1)C1CC(Cl)C(C2CC2)CC1O. The molecule has 0 spiro atoms. The van der Waals surface area contributed by atoms with Crippen molar-refractivity contribution in [1.82, 2.24) is 4.90 Å². The van der Waals surface area contributed by atoms with E-state index in [4.69, 9.17) is 22.4 Å². The van der Waals surface area contributed by atoms with Crippen LogP contribution in [0, 0.1) is 23.7 Å². The number of amides is 1. The number of likely N-dealkylation sites (tertiary alicyclic amines) is 1. The van der Waals surface area contributed by atoms with Gasteiger partial charge in [-0.15, -0.1) is 11.6 Å². The minimum absolute atomic E-state index is 0.0211. The van der Waals surface area contributed by atoms with Crippen LogP contribution in [0.2, 0.25) is 0 Å². The summed E-state index contributed by atoms with van der Waals surface area (Å²) in [6.07, 6.45) is 3.81. The van der Waals surface area contributed by atoms with E-state index in [9.17, 15) is 15.0 Å².